The first-order chi connectivity index (χ1) is 9.20. The molecule has 0 bridgehead atoms. The van der Waals surface area contributed by atoms with E-state index in [0.717, 1.165) is 30.4 Å². The summed E-state index contributed by atoms with van der Waals surface area (Å²) in [7, 11) is 0.958. The van der Waals surface area contributed by atoms with E-state index in [1.807, 2.05) is 36.4 Å². The summed E-state index contributed by atoms with van der Waals surface area (Å²) in [5.41, 5.74) is 3.54. The number of phenols is 1. The summed E-state index contributed by atoms with van der Waals surface area (Å²) in [6.07, 6.45) is 2.16. The van der Waals surface area contributed by atoms with E-state index in [-0.39, 0.29) is 0 Å². The Balaban J connectivity index is 2.30. The minimum Gasteiger partial charge on any atom is -0.508 e. The van der Waals surface area contributed by atoms with Gasteiger partial charge in [-0.2, -0.15) is 0 Å². The lowest BCUT2D eigenvalue weighted by molar-refractivity contribution is 0.474. The Kier molecular flexibility index (Phi) is 5.72. The summed E-state index contributed by atoms with van der Waals surface area (Å²) in [5.74, 6) is 0.338. The van der Waals surface area contributed by atoms with Crippen molar-refractivity contribution in [1.29, 1.82) is 0 Å². The second kappa shape index (κ2) is 7.31. The van der Waals surface area contributed by atoms with Crippen LogP contribution in [0.25, 0.3) is 11.1 Å². The molecule has 0 aliphatic carbocycles. The summed E-state index contributed by atoms with van der Waals surface area (Å²) in [4.78, 5) is 0. The van der Waals surface area contributed by atoms with Gasteiger partial charge >= 0.3 is 0 Å². The highest BCUT2D eigenvalue weighted by Crippen LogP contribution is 2.29. The predicted molar refractivity (Wildman–Crippen MR) is 91.5 cm³/mol. The van der Waals surface area contributed by atoms with Gasteiger partial charge in [0, 0.05) is 5.02 Å². The summed E-state index contributed by atoms with van der Waals surface area (Å²) < 4.78 is 0. The fourth-order valence-electron chi connectivity index (χ4n) is 2.04. The van der Waals surface area contributed by atoms with Gasteiger partial charge in [0.15, 0.2) is 0 Å². The number of aromatic hydroxyl groups is 1. The standard InChI is InChI=1S/C15H14ClIOSi/c16-13-5-3-11(4-6-13)15-8-7-14(18)10-12(15)2-1-9-19-17/h3-8,10,18H,1-2,9H2. The Morgan fingerprint density at radius 1 is 1.11 bits per heavy atom. The Hall–Kier alpha value is -0.523. The van der Waals surface area contributed by atoms with E-state index in [4.69, 9.17) is 11.6 Å². The molecule has 1 nitrogen and oxygen atoms in total. The maximum Gasteiger partial charge on any atom is 0.130 e. The first kappa shape index (κ1) is 14.9. The molecule has 2 radical (unpaired) electrons. The third-order valence-corrected chi connectivity index (χ3v) is 5.37. The molecule has 0 amide bonds. The molecule has 0 heterocycles. The molecule has 0 atom stereocenters. The molecule has 0 saturated carbocycles. The van der Waals surface area contributed by atoms with Gasteiger partial charge in [0.2, 0.25) is 0 Å². The molecular formula is C15H14ClIOSi. The van der Waals surface area contributed by atoms with E-state index in [1.165, 1.54) is 17.2 Å². The number of aryl methyl sites for hydroxylation is 1. The highest BCUT2D eigenvalue weighted by molar-refractivity contribution is 14.1. The van der Waals surface area contributed by atoms with Gasteiger partial charge in [-0.3, -0.25) is 0 Å². The zero-order valence-corrected chi connectivity index (χ0v) is 14.3. The molecule has 0 aliphatic heterocycles. The van der Waals surface area contributed by atoms with Crippen molar-refractivity contribution in [2.45, 2.75) is 18.9 Å². The summed E-state index contributed by atoms with van der Waals surface area (Å²) in [6.45, 7) is 0. The lowest BCUT2D eigenvalue weighted by atomic mass is 9.96. The van der Waals surface area contributed by atoms with Crippen molar-refractivity contribution in [3.63, 3.8) is 0 Å². The van der Waals surface area contributed by atoms with Crippen molar-refractivity contribution in [3.8, 4) is 16.9 Å². The molecule has 2 aromatic carbocycles. The SMILES string of the molecule is Oc1ccc(-c2ccc(Cl)cc2)c(CCC[Si]I)c1. The molecule has 4 heteroatoms. The van der Waals surface area contributed by atoms with Crippen molar-refractivity contribution in [3.05, 3.63) is 53.1 Å². The van der Waals surface area contributed by atoms with Crippen LogP contribution in [0.2, 0.25) is 11.1 Å². The summed E-state index contributed by atoms with van der Waals surface area (Å²) >= 11 is 8.35. The van der Waals surface area contributed by atoms with E-state index in [0.29, 0.717) is 5.75 Å². The lowest BCUT2D eigenvalue weighted by Crippen LogP contribution is -1.91. The van der Waals surface area contributed by atoms with Gasteiger partial charge < -0.3 is 5.11 Å². The van der Waals surface area contributed by atoms with Crippen LogP contribution in [-0.4, -0.2) is 12.1 Å². The molecule has 0 aromatic heterocycles. The Morgan fingerprint density at radius 2 is 1.84 bits per heavy atom. The number of benzene rings is 2. The van der Waals surface area contributed by atoms with Crippen molar-refractivity contribution >= 4 is 40.4 Å². The van der Waals surface area contributed by atoms with E-state index in [9.17, 15) is 5.11 Å². The molecule has 2 rings (SSSR count). The van der Waals surface area contributed by atoms with Gasteiger partial charge in [-0.05, 0) is 47.4 Å². The zero-order valence-electron chi connectivity index (χ0n) is 10.4. The van der Waals surface area contributed by atoms with E-state index in [2.05, 4.69) is 21.8 Å². The van der Waals surface area contributed by atoms with Crippen LogP contribution in [0.15, 0.2) is 42.5 Å². The maximum absolute atomic E-state index is 9.66. The molecule has 19 heavy (non-hydrogen) atoms. The first-order valence-corrected chi connectivity index (χ1v) is 10.8. The molecule has 1 N–H and O–H groups in total. The zero-order chi connectivity index (χ0) is 13.7. The quantitative estimate of drug-likeness (QED) is 0.320. The molecule has 98 valence electrons. The molecule has 0 saturated heterocycles. The highest BCUT2D eigenvalue weighted by atomic mass is 127. The van der Waals surface area contributed by atoms with Crippen LogP contribution >= 0.6 is 33.4 Å². The predicted octanol–water partition coefficient (Wildman–Crippen LogP) is 5.12. The largest absolute Gasteiger partial charge is 0.508 e. The van der Waals surface area contributed by atoms with Crippen LogP contribution in [-0.2, 0) is 6.42 Å². The molecule has 0 spiro atoms. The van der Waals surface area contributed by atoms with Crippen LogP contribution in [0.3, 0.4) is 0 Å². The van der Waals surface area contributed by atoms with E-state index >= 15 is 0 Å². The van der Waals surface area contributed by atoms with Gasteiger partial charge in [0.1, 0.15) is 12.8 Å². The number of rotatable bonds is 5. The van der Waals surface area contributed by atoms with E-state index in [1.54, 1.807) is 6.07 Å². The Morgan fingerprint density at radius 3 is 2.53 bits per heavy atom. The summed E-state index contributed by atoms with van der Waals surface area (Å²) in [5, 5.41) is 10.4. The number of hydrogen-bond donors (Lipinski definition) is 1. The van der Waals surface area contributed by atoms with E-state index < -0.39 is 0 Å². The van der Waals surface area contributed by atoms with Crippen LogP contribution in [0.4, 0.5) is 0 Å². The highest BCUT2D eigenvalue weighted by Gasteiger charge is 2.06. The van der Waals surface area contributed by atoms with Gasteiger partial charge in [0.05, 0.1) is 0 Å². The van der Waals surface area contributed by atoms with Crippen LogP contribution in [0.1, 0.15) is 12.0 Å². The fourth-order valence-corrected chi connectivity index (χ4v) is 3.62. The molecule has 0 aliphatic rings. The number of halogens is 2. The lowest BCUT2D eigenvalue weighted by Gasteiger charge is -2.10. The average Bonchev–Trinajstić information content (AvgIpc) is 2.41. The Bertz CT molecular complexity index is 542. The molecule has 0 fully saturated rings. The third kappa shape index (κ3) is 4.23. The van der Waals surface area contributed by atoms with Crippen LogP contribution < -0.4 is 0 Å². The number of hydrogen-bond acceptors (Lipinski definition) is 1. The van der Waals surface area contributed by atoms with Gasteiger partial charge in [-0.1, -0.05) is 42.3 Å². The van der Waals surface area contributed by atoms with Crippen LogP contribution in [0, 0.1) is 0 Å². The second-order valence-corrected chi connectivity index (χ2v) is 7.83. The normalized spacial score (nSPS) is 10.6. The Labute approximate surface area is 134 Å². The first-order valence-electron chi connectivity index (χ1n) is 6.12. The van der Waals surface area contributed by atoms with Crippen molar-refractivity contribution in [2.75, 3.05) is 0 Å². The van der Waals surface area contributed by atoms with Crippen molar-refractivity contribution in [1.82, 2.24) is 0 Å². The van der Waals surface area contributed by atoms with Crippen LogP contribution in [0.5, 0.6) is 5.75 Å². The van der Waals surface area contributed by atoms with Gasteiger partial charge in [0.25, 0.3) is 0 Å². The molecule has 0 unspecified atom stereocenters. The minimum atomic E-state index is 0.338. The molecular weight excluding hydrogens is 387 g/mol. The third-order valence-electron chi connectivity index (χ3n) is 2.96. The van der Waals surface area contributed by atoms with Gasteiger partial charge in [-0.15, -0.1) is 21.8 Å². The average molecular weight is 401 g/mol. The smallest absolute Gasteiger partial charge is 0.130 e. The number of phenolic OH excluding ortho intramolecular Hbond substituents is 1. The minimum absolute atomic E-state index is 0.338. The monoisotopic (exact) mass is 400 g/mol. The fraction of sp³-hybridized carbons (Fsp3) is 0.200. The maximum atomic E-state index is 9.66. The van der Waals surface area contributed by atoms with Crippen molar-refractivity contribution < 1.29 is 5.11 Å². The topological polar surface area (TPSA) is 20.2 Å². The van der Waals surface area contributed by atoms with Crippen molar-refractivity contribution in [2.24, 2.45) is 0 Å². The van der Waals surface area contributed by atoms with Gasteiger partial charge in [-0.25, -0.2) is 0 Å². The second-order valence-electron chi connectivity index (χ2n) is 4.34. The molecule has 2 aromatic rings. The summed E-state index contributed by atoms with van der Waals surface area (Å²) in [6, 6.07) is 14.7.